The molecule has 0 rings (SSSR count). The molecule has 98 valence electrons. The normalized spacial score (nSPS) is 11.3. The van der Waals surface area contributed by atoms with Crippen LogP contribution in [0.25, 0.3) is 0 Å². The highest BCUT2D eigenvalue weighted by molar-refractivity contribution is 6.33. The summed E-state index contributed by atoms with van der Waals surface area (Å²) >= 11 is 0. The number of rotatable bonds is 8. The van der Waals surface area contributed by atoms with Crippen molar-refractivity contribution in [1.29, 1.82) is 0 Å². The van der Waals surface area contributed by atoms with E-state index in [9.17, 15) is 0 Å². The average molecular weight is 253 g/mol. The van der Waals surface area contributed by atoms with Crippen LogP contribution in [0, 0.1) is 0 Å². The molecule has 6 nitrogen and oxygen atoms in total. The Labute approximate surface area is 98.6 Å². The Kier molecular flexibility index (Phi) is 14.5. The fourth-order valence-corrected chi connectivity index (χ4v) is 0.910. The van der Waals surface area contributed by atoms with Gasteiger partial charge < -0.3 is 30.2 Å². The van der Waals surface area contributed by atoms with Crippen LogP contribution < -0.4 is 5.73 Å². The lowest BCUT2D eigenvalue weighted by Gasteiger charge is -2.20. The van der Waals surface area contributed by atoms with Gasteiger partial charge in [-0.25, -0.2) is 0 Å². The van der Waals surface area contributed by atoms with Gasteiger partial charge in [-0.05, 0) is 0 Å². The van der Waals surface area contributed by atoms with Gasteiger partial charge in [0, 0.05) is 7.11 Å². The van der Waals surface area contributed by atoms with E-state index in [1.54, 1.807) is 7.11 Å². The zero-order valence-electron chi connectivity index (χ0n) is 9.76. The third-order valence-corrected chi connectivity index (χ3v) is 2.37. The van der Waals surface area contributed by atoms with E-state index in [2.05, 4.69) is 6.58 Å². The van der Waals surface area contributed by atoms with Crippen LogP contribution >= 0.6 is 0 Å². The quantitative estimate of drug-likeness (QED) is 0.282. The lowest BCUT2D eigenvalue weighted by Crippen LogP contribution is -2.50. The topological polar surface area (TPSA) is 105 Å². The first-order valence-electron chi connectivity index (χ1n) is 4.89. The van der Waals surface area contributed by atoms with Crippen molar-refractivity contribution in [2.45, 2.75) is 5.54 Å². The Bertz CT molecular complexity index is 147. The SMILES string of the molecule is C=C[SiH2]OCCOC.NC(CO)(CO)CO. The second-order valence-electron chi connectivity index (χ2n) is 3.19. The molecule has 0 saturated heterocycles. The Morgan fingerprint density at radius 1 is 1.25 bits per heavy atom. The molecular formula is C9H23NO5Si. The molecule has 0 aliphatic carbocycles. The number of methoxy groups -OCH3 is 1. The molecular weight excluding hydrogens is 230 g/mol. The van der Waals surface area contributed by atoms with E-state index in [-0.39, 0.29) is 0 Å². The Morgan fingerprint density at radius 2 is 1.75 bits per heavy atom. The average Bonchev–Trinajstić information content (AvgIpc) is 2.34. The fourth-order valence-electron chi connectivity index (χ4n) is 0.459. The van der Waals surface area contributed by atoms with Crippen molar-refractivity contribution in [3.05, 3.63) is 12.3 Å². The minimum atomic E-state index is -1.21. The number of nitrogens with two attached hydrogens (primary N) is 1. The summed E-state index contributed by atoms with van der Waals surface area (Å²) < 4.78 is 9.87. The highest BCUT2D eigenvalue weighted by Gasteiger charge is 2.20. The lowest BCUT2D eigenvalue weighted by molar-refractivity contribution is 0.0698. The van der Waals surface area contributed by atoms with E-state index in [0.29, 0.717) is 6.61 Å². The smallest absolute Gasteiger partial charge is 0.184 e. The van der Waals surface area contributed by atoms with Gasteiger partial charge in [-0.2, -0.15) is 0 Å². The van der Waals surface area contributed by atoms with E-state index < -0.39 is 35.1 Å². The maximum Gasteiger partial charge on any atom is 0.184 e. The third kappa shape index (κ3) is 11.8. The van der Waals surface area contributed by atoms with Crippen LogP contribution in [-0.4, -0.2) is 70.8 Å². The zero-order valence-corrected chi connectivity index (χ0v) is 11.2. The summed E-state index contributed by atoms with van der Waals surface area (Å²) in [5.41, 5.74) is 5.79. The van der Waals surface area contributed by atoms with E-state index in [1.807, 2.05) is 5.70 Å². The van der Waals surface area contributed by atoms with Crippen molar-refractivity contribution in [3.63, 3.8) is 0 Å². The van der Waals surface area contributed by atoms with Crippen molar-refractivity contribution in [3.8, 4) is 0 Å². The van der Waals surface area contributed by atoms with E-state index >= 15 is 0 Å². The van der Waals surface area contributed by atoms with Gasteiger partial charge in [0.2, 0.25) is 0 Å². The molecule has 0 aromatic heterocycles. The number of ether oxygens (including phenoxy) is 1. The van der Waals surface area contributed by atoms with Gasteiger partial charge >= 0.3 is 0 Å². The standard InChI is InChI=1S/C5H12O2Si.C4H11NO3/c1-3-8-7-5-4-6-2;5-4(1-6,2-7)3-8/h3H,1,4-5,8H2,2H3;6-8H,1-3,5H2. The fraction of sp³-hybridized carbons (Fsp3) is 0.778. The predicted molar refractivity (Wildman–Crippen MR) is 64.7 cm³/mol. The summed E-state index contributed by atoms with van der Waals surface area (Å²) in [7, 11) is 1.25. The van der Waals surface area contributed by atoms with Crippen LogP contribution in [0.4, 0.5) is 0 Å². The van der Waals surface area contributed by atoms with Crippen molar-refractivity contribution >= 4 is 9.76 Å². The third-order valence-electron chi connectivity index (χ3n) is 1.61. The van der Waals surface area contributed by atoms with Crippen LogP contribution in [0.1, 0.15) is 0 Å². The zero-order chi connectivity index (χ0) is 12.9. The lowest BCUT2D eigenvalue weighted by atomic mass is 10.1. The molecule has 0 fully saturated rings. The first-order chi connectivity index (χ1) is 7.60. The molecule has 0 bridgehead atoms. The molecule has 0 atom stereocenters. The Balaban J connectivity index is 0. The Hall–Kier alpha value is -0.283. The van der Waals surface area contributed by atoms with E-state index in [1.165, 1.54) is 0 Å². The van der Waals surface area contributed by atoms with Crippen molar-refractivity contribution < 1.29 is 24.5 Å². The highest BCUT2D eigenvalue weighted by atomic mass is 28.2. The van der Waals surface area contributed by atoms with Crippen LogP contribution in [0.2, 0.25) is 0 Å². The number of aliphatic hydroxyl groups excluding tert-OH is 3. The maximum absolute atomic E-state index is 8.34. The summed E-state index contributed by atoms with van der Waals surface area (Å²) in [4.78, 5) is 0. The van der Waals surface area contributed by atoms with Gasteiger partial charge in [0.1, 0.15) is 0 Å². The molecule has 0 aromatic rings. The Morgan fingerprint density at radius 3 is 2.00 bits per heavy atom. The number of hydrogen-bond donors (Lipinski definition) is 4. The van der Waals surface area contributed by atoms with E-state index in [0.717, 1.165) is 6.61 Å². The maximum atomic E-state index is 8.34. The summed E-state index contributed by atoms with van der Waals surface area (Å²) in [5.74, 6) is 0. The summed E-state index contributed by atoms with van der Waals surface area (Å²) in [5, 5.41) is 25.0. The minimum absolute atomic E-state index is 0.403. The summed E-state index contributed by atoms with van der Waals surface area (Å²) in [6.45, 7) is 3.76. The van der Waals surface area contributed by atoms with Crippen LogP contribution in [0.3, 0.4) is 0 Å². The molecule has 0 aliphatic rings. The molecule has 7 heteroatoms. The molecule has 0 radical (unpaired) electrons. The molecule has 5 N–H and O–H groups in total. The van der Waals surface area contributed by atoms with Gasteiger partial charge in [0.25, 0.3) is 0 Å². The molecule has 0 aromatic carbocycles. The highest BCUT2D eigenvalue weighted by Crippen LogP contribution is 1.93. The van der Waals surface area contributed by atoms with E-state index in [4.69, 9.17) is 30.2 Å². The molecule has 0 unspecified atom stereocenters. The summed E-state index contributed by atoms with van der Waals surface area (Å²) in [6, 6.07) is 0. The summed E-state index contributed by atoms with van der Waals surface area (Å²) in [6.07, 6.45) is 0. The predicted octanol–water partition coefficient (Wildman–Crippen LogP) is -2.46. The van der Waals surface area contributed by atoms with Crippen molar-refractivity contribution in [2.75, 3.05) is 40.1 Å². The molecule has 0 amide bonds. The second kappa shape index (κ2) is 12.8. The first kappa shape index (κ1) is 18.1. The molecule has 0 aliphatic heterocycles. The molecule has 0 saturated carbocycles. The van der Waals surface area contributed by atoms with Crippen molar-refractivity contribution in [1.82, 2.24) is 0 Å². The van der Waals surface area contributed by atoms with Crippen LogP contribution in [0.15, 0.2) is 12.3 Å². The number of aliphatic hydroxyl groups is 3. The van der Waals surface area contributed by atoms with Gasteiger partial charge in [-0.1, -0.05) is 5.70 Å². The monoisotopic (exact) mass is 253 g/mol. The molecule has 16 heavy (non-hydrogen) atoms. The van der Waals surface area contributed by atoms with Gasteiger partial charge in [0.15, 0.2) is 9.76 Å². The van der Waals surface area contributed by atoms with Gasteiger partial charge in [0.05, 0.1) is 38.6 Å². The van der Waals surface area contributed by atoms with Crippen molar-refractivity contribution in [2.24, 2.45) is 5.73 Å². The van der Waals surface area contributed by atoms with Crippen LogP contribution in [0.5, 0.6) is 0 Å². The number of hydrogen-bond acceptors (Lipinski definition) is 6. The second-order valence-corrected chi connectivity index (χ2v) is 4.51. The first-order valence-corrected chi connectivity index (χ1v) is 6.28. The largest absolute Gasteiger partial charge is 0.417 e. The van der Waals surface area contributed by atoms with Crippen LogP contribution in [-0.2, 0) is 9.16 Å². The minimum Gasteiger partial charge on any atom is -0.417 e. The molecule has 0 heterocycles. The molecule has 0 spiro atoms. The van der Waals surface area contributed by atoms with Gasteiger partial charge in [-0.3, -0.25) is 0 Å². The van der Waals surface area contributed by atoms with Gasteiger partial charge in [-0.15, -0.1) is 6.58 Å².